The van der Waals surface area contributed by atoms with Gasteiger partial charge >= 0.3 is 5.97 Å². The van der Waals surface area contributed by atoms with Crippen LogP contribution in [0.1, 0.15) is 31.2 Å². The molecule has 122 valence electrons. The summed E-state index contributed by atoms with van der Waals surface area (Å²) >= 11 is 0. The summed E-state index contributed by atoms with van der Waals surface area (Å²) in [6.07, 6.45) is 5.67. The summed E-state index contributed by atoms with van der Waals surface area (Å²) < 4.78 is 4.84. The van der Waals surface area contributed by atoms with Gasteiger partial charge in [0.05, 0.1) is 7.11 Å². The lowest BCUT2D eigenvalue weighted by Gasteiger charge is -2.33. The summed E-state index contributed by atoms with van der Waals surface area (Å²) in [5.41, 5.74) is 2.22. The highest BCUT2D eigenvalue weighted by molar-refractivity contribution is 5.86. The minimum atomic E-state index is -0.413. The number of aryl methyl sites for hydroxylation is 1. The van der Waals surface area contributed by atoms with Gasteiger partial charge in [0, 0.05) is 30.1 Å². The minimum absolute atomic E-state index is 0.0328. The van der Waals surface area contributed by atoms with E-state index in [1.54, 1.807) is 4.90 Å². The molecule has 0 aliphatic carbocycles. The van der Waals surface area contributed by atoms with E-state index in [1.165, 1.54) is 7.11 Å². The van der Waals surface area contributed by atoms with Crippen molar-refractivity contribution in [2.24, 2.45) is 0 Å². The first-order valence-electron chi connectivity index (χ1n) is 8.13. The Morgan fingerprint density at radius 1 is 1.30 bits per heavy atom. The minimum Gasteiger partial charge on any atom is -0.467 e. The van der Waals surface area contributed by atoms with Gasteiger partial charge in [0.15, 0.2) is 0 Å². The topological polar surface area (TPSA) is 62.4 Å². The maximum absolute atomic E-state index is 12.6. The number of para-hydroxylation sites is 1. The first-order chi connectivity index (χ1) is 11.2. The van der Waals surface area contributed by atoms with Gasteiger partial charge < -0.3 is 14.6 Å². The zero-order valence-corrected chi connectivity index (χ0v) is 13.4. The number of hydrogen-bond acceptors (Lipinski definition) is 3. The van der Waals surface area contributed by atoms with Crippen LogP contribution in [0.3, 0.4) is 0 Å². The van der Waals surface area contributed by atoms with Gasteiger partial charge in [-0.1, -0.05) is 18.2 Å². The van der Waals surface area contributed by atoms with Crippen molar-refractivity contribution < 1.29 is 14.3 Å². The third-order valence-electron chi connectivity index (χ3n) is 4.58. The molecule has 1 aromatic heterocycles. The van der Waals surface area contributed by atoms with Crippen LogP contribution in [0.25, 0.3) is 10.9 Å². The Balaban J connectivity index is 1.67. The van der Waals surface area contributed by atoms with Crippen LogP contribution < -0.4 is 0 Å². The highest BCUT2D eigenvalue weighted by atomic mass is 16.5. The molecule has 2 heterocycles. The molecule has 1 fully saturated rings. The van der Waals surface area contributed by atoms with Crippen LogP contribution in [0.5, 0.6) is 0 Å². The van der Waals surface area contributed by atoms with E-state index in [9.17, 15) is 9.59 Å². The molecule has 0 spiro atoms. The fraction of sp³-hybridized carbons (Fsp3) is 0.444. The number of H-pyrrole nitrogens is 1. The quantitative estimate of drug-likeness (QED) is 0.883. The number of ether oxygens (including phenoxy) is 1. The number of hydrogen-bond donors (Lipinski definition) is 1. The molecule has 0 saturated carbocycles. The fourth-order valence-electron chi connectivity index (χ4n) is 3.33. The van der Waals surface area contributed by atoms with Crippen molar-refractivity contribution >= 4 is 22.8 Å². The van der Waals surface area contributed by atoms with Gasteiger partial charge in [0.1, 0.15) is 6.04 Å². The number of nitrogens with zero attached hydrogens (tertiary/aromatic N) is 1. The molecule has 1 aliphatic heterocycles. The second kappa shape index (κ2) is 6.86. The lowest BCUT2D eigenvalue weighted by Crippen LogP contribution is -2.48. The lowest BCUT2D eigenvalue weighted by atomic mass is 10.0. The number of methoxy groups -OCH3 is 1. The summed E-state index contributed by atoms with van der Waals surface area (Å²) in [5.74, 6) is -0.268. The van der Waals surface area contributed by atoms with Gasteiger partial charge in [0.2, 0.25) is 5.91 Å². The molecule has 2 aromatic rings. The molecule has 5 heteroatoms. The number of esters is 1. The summed E-state index contributed by atoms with van der Waals surface area (Å²) in [6.45, 7) is 0.645. The van der Waals surface area contributed by atoms with Crippen molar-refractivity contribution in [2.45, 2.75) is 38.1 Å². The largest absolute Gasteiger partial charge is 0.467 e. The number of nitrogens with one attached hydrogen (secondary N) is 1. The molecular weight excluding hydrogens is 292 g/mol. The van der Waals surface area contributed by atoms with E-state index in [0.29, 0.717) is 25.8 Å². The molecule has 3 rings (SSSR count). The Morgan fingerprint density at radius 2 is 2.13 bits per heavy atom. The fourth-order valence-corrected chi connectivity index (χ4v) is 3.33. The van der Waals surface area contributed by atoms with Crippen molar-refractivity contribution in [3.8, 4) is 0 Å². The van der Waals surface area contributed by atoms with Gasteiger partial charge in [-0.2, -0.15) is 0 Å². The van der Waals surface area contributed by atoms with Crippen LogP contribution in [0.4, 0.5) is 0 Å². The summed E-state index contributed by atoms with van der Waals surface area (Å²) in [5, 5.41) is 1.16. The van der Waals surface area contributed by atoms with Crippen LogP contribution in [0.2, 0.25) is 0 Å². The van der Waals surface area contributed by atoms with E-state index < -0.39 is 6.04 Å². The number of carbonyl (C=O) groups excluding carboxylic acids is 2. The van der Waals surface area contributed by atoms with E-state index in [2.05, 4.69) is 11.1 Å². The number of benzene rings is 1. The summed E-state index contributed by atoms with van der Waals surface area (Å²) in [7, 11) is 1.38. The van der Waals surface area contributed by atoms with Crippen LogP contribution in [-0.4, -0.2) is 41.5 Å². The number of aromatic amines is 1. The van der Waals surface area contributed by atoms with Crippen LogP contribution >= 0.6 is 0 Å². The van der Waals surface area contributed by atoms with Crippen molar-refractivity contribution in [3.05, 3.63) is 36.0 Å². The Hall–Kier alpha value is -2.30. The van der Waals surface area contributed by atoms with Gasteiger partial charge in [0.25, 0.3) is 0 Å². The molecule has 1 unspecified atom stereocenters. The number of piperidine rings is 1. The molecule has 1 aromatic carbocycles. The molecule has 1 atom stereocenters. The highest BCUT2D eigenvalue weighted by Crippen LogP contribution is 2.22. The van der Waals surface area contributed by atoms with Crippen molar-refractivity contribution in [2.75, 3.05) is 13.7 Å². The smallest absolute Gasteiger partial charge is 0.328 e. The van der Waals surface area contributed by atoms with Crippen molar-refractivity contribution in [1.82, 2.24) is 9.88 Å². The molecule has 23 heavy (non-hydrogen) atoms. The molecule has 0 radical (unpaired) electrons. The first-order valence-corrected chi connectivity index (χ1v) is 8.13. The Kier molecular flexibility index (Phi) is 4.65. The average Bonchev–Trinajstić information content (AvgIpc) is 3.02. The van der Waals surface area contributed by atoms with Gasteiger partial charge in [-0.05, 0) is 37.3 Å². The van der Waals surface area contributed by atoms with Gasteiger partial charge in [-0.25, -0.2) is 4.79 Å². The van der Waals surface area contributed by atoms with Crippen LogP contribution in [-0.2, 0) is 20.7 Å². The zero-order chi connectivity index (χ0) is 16.2. The predicted octanol–water partition coefficient (Wildman–Crippen LogP) is 2.65. The SMILES string of the molecule is COC(=O)C1CCCCN1C(=O)CCc1c[nH]c2ccccc12. The molecule has 0 bridgehead atoms. The molecular formula is C18H22N2O3. The maximum Gasteiger partial charge on any atom is 0.328 e. The highest BCUT2D eigenvalue weighted by Gasteiger charge is 2.32. The van der Waals surface area contributed by atoms with Gasteiger partial charge in [-0.3, -0.25) is 4.79 Å². The average molecular weight is 314 g/mol. The predicted molar refractivity (Wildman–Crippen MR) is 88.0 cm³/mol. The maximum atomic E-state index is 12.6. The van der Waals surface area contributed by atoms with E-state index in [4.69, 9.17) is 4.74 Å². The Labute approximate surface area is 135 Å². The molecule has 1 amide bonds. The van der Waals surface area contributed by atoms with Crippen LogP contribution in [0, 0.1) is 0 Å². The Morgan fingerprint density at radius 3 is 2.96 bits per heavy atom. The van der Waals surface area contributed by atoms with Crippen molar-refractivity contribution in [3.63, 3.8) is 0 Å². The van der Waals surface area contributed by atoms with E-state index in [-0.39, 0.29) is 11.9 Å². The molecule has 1 aliphatic rings. The Bertz CT molecular complexity index is 707. The molecule has 1 N–H and O–H groups in total. The van der Waals surface area contributed by atoms with Crippen LogP contribution in [0.15, 0.2) is 30.5 Å². The van der Waals surface area contributed by atoms with Gasteiger partial charge in [-0.15, -0.1) is 0 Å². The number of likely N-dealkylation sites (tertiary alicyclic amines) is 1. The monoisotopic (exact) mass is 314 g/mol. The second-order valence-corrected chi connectivity index (χ2v) is 5.98. The number of aromatic nitrogens is 1. The summed E-state index contributed by atoms with van der Waals surface area (Å²) in [4.78, 5) is 29.4. The van der Waals surface area contributed by atoms with Crippen molar-refractivity contribution in [1.29, 1.82) is 0 Å². The third-order valence-corrected chi connectivity index (χ3v) is 4.58. The zero-order valence-electron chi connectivity index (χ0n) is 13.4. The number of amides is 1. The number of rotatable bonds is 4. The van der Waals surface area contributed by atoms with E-state index >= 15 is 0 Å². The van der Waals surface area contributed by atoms with E-state index in [1.807, 2.05) is 24.4 Å². The molecule has 5 nitrogen and oxygen atoms in total. The number of carbonyl (C=O) groups is 2. The first kappa shape index (κ1) is 15.6. The van der Waals surface area contributed by atoms with E-state index in [0.717, 1.165) is 29.3 Å². The standard InChI is InChI=1S/C18H22N2O3/c1-23-18(22)16-8-4-5-11-20(16)17(21)10-9-13-12-19-15-7-3-2-6-14(13)15/h2-3,6-7,12,16,19H,4-5,8-11H2,1H3. The second-order valence-electron chi connectivity index (χ2n) is 5.98. The molecule has 1 saturated heterocycles. The normalized spacial score (nSPS) is 18.1. The number of fused-ring (bicyclic) bond motifs is 1. The third kappa shape index (κ3) is 3.23. The summed E-state index contributed by atoms with van der Waals surface area (Å²) in [6, 6.07) is 7.66. The lowest BCUT2D eigenvalue weighted by molar-refractivity contribution is -0.154.